The zero-order valence-corrected chi connectivity index (χ0v) is 14.1. The van der Waals surface area contributed by atoms with Gasteiger partial charge in [0.05, 0.1) is 7.11 Å². The molecule has 0 saturated carbocycles. The predicted octanol–water partition coefficient (Wildman–Crippen LogP) is 4.50. The van der Waals surface area contributed by atoms with Gasteiger partial charge in [-0.2, -0.15) is 0 Å². The Kier molecular flexibility index (Phi) is 4.89. The number of methoxy groups -OCH3 is 1. The SMILES string of the molecule is C=C(C)C(=O)Oc1ccc(C(C)(C)c2ccc(OC)cc2)cc1. The van der Waals surface area contributed by atoms with E-state index in [1.54, 1.807) is 26.2 Å². The molecule has 0 N–H and O–H groups in total. The van der Waals surface area contributed by atoms with Gasteiger partial charge in [-0.25, -0.2) is 4.79 Å². The van der Waals surface area contributed by atoms with Crippen LogP contribution in [0, 0.1) is 0 Å². The minimum atomic E-state index is -0.410. The summed E-state index contributed by atoms with van der Waals surface area (Å²) in [5.41, 5.74) is 2.54. The molecule has 0 heterocycles. The summed E-state index contributed by atoms with van der Waals surface area (Å²) in [6, 6.07) is 15.6. The molecule has 2 aromatic carbocycles. The van der Waals surface area contributed by atoms with Gasteiger partial charge in [-0.1, -0.05) is 44.7 Å². The first-order chi connectivity index (χ1) is 10.8. The first kappa shape index (κ1) is 16.8. The highest BCUT2D eigenvalue weighted by Crippen LogP contribution is 2.33. The van der Waals surface area contributed by atoms with Crippen LogP contribution in [0.5, 0.6) is 11.5 Å². The molecule has 0 radical (unpaired) electrons. The van der Waals surface area contributed by atoms with Gasteiger partial charge in [0.1, 0.15) is 11.5 Å². The smallest absolute Gasteiger partial charge is 0.338 e. The van der Waals surface area contributed by atoms with Gasteiger partial charge in [0.15, 0.2) is 0 Å². The molecule has 0 atom stereocenters. The number of carbonyl (C=O) groups is 1. The first-order valence-electron chi connectivity index (χ1n) is 7.47. The third-order valence-corrected chi connectivity index (χ3v) is 3.95. The van der Waals surface area contributed by atoms with Gasteiger partial charge in [-0.05, 0) is 42.3 Å². The van der Waals surface area contributed by atoms with Gasteiger partial charge < -0.3 is 9.47 Å². The van der Waals surface area contributed by atoms with Crippen LogP contribution >= 0.6 is 0 Å². The number of carbonyl (C=O) groups excluding carboxylic acids is 1. The zero-order chi connectivity index (χ0) is 17.0. The van der Waals surface area contributed by atoms with E-state index < -0.39 is 5.97 Å². The summed E-state index contributed by atoms with van der Waals surface area (Å²) >= 11 is 0. The lowest BCUT2D eigenvalue weighted by Gasteiger charge is -2.26. The van der Waals surface area contributed by atoms with Crippen LogP contribution in [0.3, 0.4) is 0 Å². The lowest BCUT2D eigenvalue weighted by Crippen LogP contribution is -2.18. The van der Waals surface area contributed by atoms with E-state index in [-0.39, 0.29) is 5.41 Å². The lowest BCUT2D eigenvalue weighted by molar-refractivity contribution is -0.130. The van der Waals surface area contributed by atoms with Crippen molar-refractivity contribution in [3.63, 3.8) is 0 Å². The standard InChI is InChI=1S/C20H22O3/c1-14(2)19(21)23-18-12-8-16(9-13-18)20(3,4)15-6-10-17(22-5)11-7-15/h6-13H,1H2,2-5H3. The average molecular weight is 310 g/mol. The molecule has 0 aliphatic heterocycles. The molecule has 0 aromatic heterocycles. The third-order valence-electron chi connectivity index (χ3n) is 3.95. The number of esters is 1. The lowest BCUT2D eigenvalue weighted by atomic mass is 9.78. The summed E-state index contributed by atoms with van der Waals surface area (Å²) < 4.78 is 10.4. The maximum absolute atomic E-state index is 11.5. The van der Waals surface area contributed by atoms with E-state index in [2.05, 4.69) is 32.6 Å². The Morgan fingerprint density at radius 2 is 1.35 bits per heavy atom. The van der Waals surface area contributed by atoms with Gasteiger partial charge >= 0.3 is 5.97 Å². The molecule has 120 valence electrons. The number of hydrogen-bond donors (Lipinski definition) is 0. The molecule has 3 heteroatoms. The van der Waals surface area contributed by atoms with E-state index in [4.69, 9.17) is 9.47 Å². The fourth-order valence-corrected chi connectivity index (χ4v) is 2.31. The average Bonchev–Trinajstić information content (AvgIpc) is 2.55. The van der Waals surface area contributed by atoms with Crippen molar-refractivity contribution in [1.29, 1.82) is 0 Å². The van der Waals surface area contributed by atoms with Crippen molar-refractivity contribution in [2.24, 2.45) is 0 Å². The van der Waals surface area contributed by atoms with E-state index in [1.165, 1.54) is 5.56 Å². The molecule has 0 fully saturated rings. The Balaban J connectivity index is 2.22. The van der Waals surface area contributed by atoms with Gasteiger partial charge in [0.2, 0.25) is 0 Å². The number of hydrogen-bond acceptors (Lipinski definition) is 3. The molecule has 3 nitrogen and oxygen atoms in total. The molecule has 23 heavy (non-hydrogen) atoms. The number of ether oxygens (including phenoxy) is 2. The Labute approximate surface area is 137 Å². The highest BCUT2D eigenvalue weighted by molar-refractivity contribution is 5.88. The summed E-state index contributed by atoms with van der Waals surface area (Å²) in [5, 5.41) is 0. The van der Waals surface area contributed by atoms with Crippen molar-refractivity contribution in [2.45, 2.75) is 26.2 Å². The molecular formula is C20H22O3. The Bertz CT molecular complexity index is 695. The second-order valence-electron chi connectivity index (χ2n) is 6.05. The number of rotatable bonds is 5. The first-order valence-corrected chi connectivity index (χ1v) is 7.47. The van der Waals surface area contributed by atoms with Crippen LogP contribution in [0.4, 0.5) is 0 Å². The minimum Gasteiger partial charge on any atom is -0.497 e. The molecule has 2 rings (SSSR count). The molecule has 0 aliphatic rings. The van der Waals surface area contributed by atoms with E-state index in [0.29, 0.717) is 11.3 Å². The van der Waals surface area contributed by atoms with E-state index in [1.807, 2.05) is 24.3 Å². The highest BCUT2D eigenvalue weighted by atomic mass is 16.5. The van der Waals surface area contributed by atoms with E-state index >= 15 is 0 Å². The van der Waals surface area contributed by atoms with Crippen LogP contribution in [0.15, 0.2) is 60.7 Å². The van der Waals surface area contributed by atoms with E-state index in [0.717, 1.165) is 11.3 Å². The highest BCUT2D eigenvalue weighted by Gasteiger charge is 2.23. The van der Waals surface area contributed by atoms with Crippen molar-refractivity contribution in [3.8, 4) is 11.5 Å². The molecular weight excluding hydrogens is 288 g/mol. The van der Waals surface area contributed by atoms with Crippen molar-refractivity contribution >= 4 is 5.97 Å². The van der Waals surface area contributed by atoms with Gasteiger partial charge in [0, 0.05) is 11.0 Å². The Hall–Kier alpha value is -2.55. The molecule has 0 spiro atoms. The second-order valence-corrected chi connectivity index (χ2v) is 6.05. The fourth-order valence-electron chi connectivity index (χ4n) is 2.31. The van der Waals surface area contributed by atoms with Gasteiger partial charge in [-0.15, -0.1) is 0 Å². The van der Waals surface area contributed by atoms with Crippen LogP contribution in [0.1, 0.15) is 31.9 Å². The summed E-state index contributed by atoms with van der Waals surface area (Å²) in [5.74, 6) is 0.950. The molecule has 0 aliphatic carbocycles. The topological polar surface area (TPSA) is 35.5 Å². The monoisotopic (exact) mass is 310 g/mol. The summed E-state index contributed by atoms with van der Waals surface area (Å²) in [4.78, 5) is 11.5. The maximum Gasteiger partial charge on any atom is 0.338 e. The van der Waals surface area contributed by atoms with Crippen LogP contribution < -0.4 is 9.47 Å². The van der Waals surface area contributed by atoms with Crippen LogP contribution in [0.2, 0.25) is 0 Å². The van der Waals surface area contributed by atoms with Gasteiger partial charge in [0.25, 0.3) is 0 Å². The zero-order valence-electron chi connectivity index (χ0n) is 14.1. The van der Waals surface area contributed by atoms with Crippen molar-refractivity contribution in [3.05, 3.63) is 71.8 Å². The van der Waals surface area contributed by atoms with E-state index in [9.17, 15) is 4.79 Å². The minimum absolute atomic E-state index is 0.164. The molecule has 0 amide bonds. The second kappa shape index (κ2) is 6.69. The predicted molar refractivity (Wildman–Crippen MR) is 92.0 cm³/mol. The maximum atomic E-state index is 11.5. The Morgan fingerprint density at radius 3 is 1.74 bits per heavy atom. The molecule has 2 aromatic rings. The largest absolute Gasteiger partial charge is 0.497 e. The van der Waals surface area contributed by atoms with Crippen LogP contribution in [-0.2, 0) is 10.2 Å². The molecule has 0 bridgehead atoms. The Morgan fingerprint density at radius 1 is 0.913 bits per heavy atom. The van der Waals surface area contributed by atoms with Gasteiger partial charge in [-0.3, -0.25) is 0 Å². The normalized spacial score (nSPS) is 11.0. The molecule has 0 saturated heterocycles. The van der Waals surface area contributed by atoms with Crippen molar-refractivity contribution in [1.82, 2.24) is 0 Å². The summed E-state index contributed by atoms with van der Waals surface area (Å²) in [7, 11) is 1.66. The van der Waals surface area contributed by atoms with Crippen LogP contribution in [-0.4, -0.2) is 13.1 Å². The summed E-state index contributed by atoms with van der Waals surface area (Å²) in [6.07, 6.45) is 0. The van der Waals surface area contributed by atoms with Crippen molar-refractivity contribution < 1.29 is 14.3 Å². The van der Waals surface area contributed by atoms with Crippen molar-refractivity contribution in [2.75, 3.05) is 7.11 Å². The van der Waals surface area contributed by atoms with Crippen LogP contribution in [0.25, 0.3) is 0 Å². The third kappa shape index (κ3) is 3.81. The fraction of sp³-hybridized carbons (Fsp3) is 0.250. The molecule has 0 unspecified atom stereocenters. The summed E-state index contributed by atoms with van der Waals surface area (Å²) in [6.45, 7) is 9.52. The number of benzene rings is 2. The quantitative estimate of drug-likeness (QED) is 0.463.